The van der Waals surface area contributed by atoms with E-state index in [1.54, 1.807) is 0 Å². The third-order valence-corrected chi connectivity index (χ3v) is 6.49. The minimum absolute atomic E-state index is 0.523. The van der Waals surface area contributed by atoms with E-state index in [2.05, 4.69) is 69.7 Å². The Bertz CT molecular complexity index is 1120. The van der Waals surface area contributed by atoms with Crippen LogP contribution >= 0.6 is 0 Å². The maximum Gasteiger partial charge on any atom is 0.0515 e. The van der Waals surface area contributed by atoms with Crippen LogP contribution in [-0.4, -0.2) is 22.6 Å². The fraction of sp³-hybridized carbons (Fsp3) is 0.304. The lowest BCUT2D eigenvalue weighted by Crippen LogP contribution is -2.08. The van der Waals surface area contributed by atoms with E-state index in [0.717, 1.165) is 19.6 Å². The summed E-state index contributed by atoms with van der Waals surface area (Å²) in [4.78, 5) is 3.48. The van der Waals surface area contributed by atoms with Crippen LogP contribution in [-0.2, 0) is 13.0 Å². The minimum atomic E-state index is 0.523. The van der Waals surface area contributed by atoms with Gasteiger partial charge in [-0.05, 0) is 35.6 Å². The fourth-order valence-corrected chi connectivity index (χ4v) is 5.31. The Balaban J connectivity index is 1.51. The van der Waals surface area contributed by atoms with Crippen molar-refractivity contribution in [3.63, 3.8) is 0 Å². The zero-order valence-electron chi connectivity index (χ0n) is 14.8. The first-order valence-corrected chi connectivity index (χ1v) is 9.77. The van der Waals surface area contributed by atoms with Crippen LogP contribution in [0.2, 0.25) is 0 Å². The highest BCUT2D eigenvalue weighted by molar-refractivity contribution is 5.89. The number of rotatable bonds is 2. The quantitative estimate of drug-likeness (QED) is 0.551. The smallest absolute Gasteiger partial charge is 0.0515 e. The highest BCUT2D eigenvalue weighted by Crippen LogP contribution is 2.43. The molecule has 2 aromatic heterocycles. The highest BCUT2D eigenvalue weighted by Gasteiger charge is 2.33. The molecule has 1 saturated heterocycles. The molecule has 6 rings (SSSR count). The molecule has 4 aromatic rings. The molecule has 0 saturated carbocycles. The Labute approximate surface area is 153 Å². The number of aromatic amines is 1. The first-order valence-electron chi connectivity index (χ1n) is 9.77. The molecule has 3 heteroatoms. The van der Waals surface area contributed by atoms with Crippen LogP contribution < -0.4 is 5.32 Å². The van der Waals surface area contributed by atoms with Gasteiger partial charge in [-0.3, -0.25) is 0 Å². The average molecular weight is 341 g/mol. The zero-order chi connectivity index (χ0) is 17.1. The molecule has 4 heterocycles. The molecule has 26 heavy (non-hydrogen) atoms. The average Bonchev–Trinajstić information content (AvgIpc) is 3.39. The summed E-state index contributed by atoms with van der Waals surface area (Å²) in [6.45, 7) is 3.28. The molecule has 3 nitrogen and oxygen atoms in total. The predicted molar refractivity (Wildman–Crippen MR) is 107 cm³/mol. The normalized spacial score (nSPS) is 22.5. The maximum absolute atomic E-state index is 3.67. The van der Waals surface area contributed by atoms with Crippen LogP contribution in [0.4, 0.5) is 0 Å². The molecule has 0 radical (unpaired) electrons. The molecule has 2 aliphatic rings. The molecular weight excluding hydrogens is 318 g/mol. The Hall–Kier alpha value is -2.52. The molecule has 0 spiro atoms. The maximum atomic E-state index is 3.67. The van der Waals surface area contributed by atoms with Crippen molar-refractivity contribution in [3.05, 3.63) is 71.5 Å². The number of para-hydroxylation sites is 2. The zero-order valence-corrected chi connectivity index (χ0v) is 14.8. The fourth-order valence-electron chi connectivity index (χ4n) is 5.31. The molecule has 0 bridgehead atoms. The van der Waals surface area contributed by atoms with E-state index in [0.29, 0.717) is 11.8 Å². The number of nitrogens with zero attached hydrogens (tertiary/aromatic N) is 1. The first-order chi connectivity index (χ1) is 12.9. The van der Waals surface area contributed by atoms with Gasteiger partial charge in [-0.15, -0.1) is 0 Å². The van der Waals surface area contributed by atoms with E-state index in [-0.39, 0.29) is 0 Å². The number of hydrogen-bond donors (Lipinski definition) is 2. The monoisotopic (exact) mass is 341 g/mol. The van der Waals surface area contributed by atoms with Crippen molar-refractivity contribution >= 4 is 21.8 Å². The first kappa shape index (κ1) is 14.6. The van der Waals surface area contributed by atoms with Crippen LogP contribution in [0.1, 0.15) is 34.9 Å². The van der Waals surface area contributed by atoms with E-state index < -0.39 is 0 Å². The number of hydrogen-bond acceptors (Lipinski definition) is 1. The summed E-state index contributed by atoms with van der Waals surface area (Å²) in [6.07, 6.45) is 7.16. The van der Waals surface area contributed by atoms with Gasteiger partial charge >= 0.3 is 0 Å². The van der Waals surface area contributed by atoms with Crippen LogP contribution in [0.3, 0.4) is 0 Å². The van der Waals surface area contributed by atoms with Crippen LogP contribution in [0.25, 0.3) is 21.8 Å². The van der Waals surface area contributed by atoms with Crippen molar-refractivity contribution in [2.75, 3.05) is 13.1 Å². The standard InChI is InChI=1S/C23H23N3/c1-2-9-22-16(7-1)20(13-25-22)18-11-24-12-19(18)21-14-26-10-4-6-15-5-3-8-17(21)23(15)26/h1-3,5,7-9,13-14,18-19,24-25H,4,6,10-12H2/t18-,19+/m0/s1. The summed E-state index contributed by atoms with van der Waals surface area (Å²) >= 11 is 0. The number of aryl methyl sites for hydroxylation is 2. The van der Waals surface area contributed by atoms with Gasteiger partial charge in [-0.1, -0.05) is 36.4 Å². The van der Waals surface area contributed by atoms with E-state index in [9.17, 15) is 0 Å². The van der Waals surface area contributed by atoms with Gasteiger partial charge in [0.25, 0.3) is 0 Å². The molecule has 130 valence electrons. The van der Waals surface area contributed by atoms with Gasteiger partial charge in [0.05, 0.1) is 5.52 Å². The van der Waals surface area contributed by atoms with Gasteiger partial charge in [0.2, 0.25) is 0 Å². The van der Waals surface area contributed by atoms with Crippen molar-refractivity contribution in [3.8, 4) is 0 Å². The van der Waals surface area contributed by atoms with E-state index in [1.165, 1.54) is 51.3 Å². The number of fused-ring (bicyclic) bond motifs is 1. The Morgan fingerprint density at radius 3 is 2.69 bits per heavy atom. The largest absolute Gasteiger partial charge is 0.361 e. The van der Waals surface area contributed by atoms with E-state index >= 15 is 0 Å². The van der Waals surface area contributed by atoms with Gasteiger partial charge in [0, 0.05) is 60.2 Å². The molecule has 0 aliphatic carbocycles. The molecule has 1 fully saturated rings. The van der Waals surface area contributed by atoms with Crippen LogP contribution in [0.15, 0.2) is 54.9 Å². The van der Waals surface area contributed by atoms with Gasteiger partial charge in [0.1, 0.15) is 0 Å². The van der Waals surface area contributed by atoms with Crippen LogP contribution in [0.5, 0.6) is 0 Å². The van der Waals surface area contributed by atoms with Crippen molar-refractivity contribution in [2.24, 2.45) is 0 Å². The van der Waals surface area contributed by atoms with Crippen molar-refractivity contribution < 1.29 is 0 Å². The predicted octanol–water partition coefficient (Wildman–Crippen LogP) is 4.54. The second-order valence-corrected chi connectivity index (χ2v) is 7.86. The summed E-state index contributed by atoms with van der Waals surface area (Å²) in [7, 11) is 0. The summed E-state index contributed by atoms with van der Waals surface area (Å²) < 4.78 is 2.51. The second kappa shape index (κ2) is 5.49. The van der Waals surface area contributed by atoms with Gasteiger partial charge < -0.3 is 14.9 Å². The van der Waals surface area contributed by atoms with Crippen molar-refractivity contribution in [1.82, 2.24) is 14.9 Å². The van der Waals surface area contributed by atoms with E-state index in [1.807, 2.05) is 0 Å². The summed E-state index contributed by atoms with van der Waals surface area (Å²) in [5, 5.41) is 6.52. The summed E-state index contributed by atoms with van der Waals surface area (Å²) in [6, 6.07) is 15.6. The number of nitrogens with one attached hydrogen (secondary N) is 2. The molecular formula is C23H23N3. The molecule has 2 aliphatic heterocycles. The molecule has 2 atom stereocenters. The van der Waals surface area contributed by atoms with Gasteiger partial charge in [-0.2, -0.15) is 0 Å². The third-order valence-electron chi connectivity index (χ3n) is 6.49. The lowest BCUT2D eigenvalue weighted by atomic mass is 9.83. The van der Waals surface area contributed by atoms with Crippen molar-refractivity contribution in [1.29, 1.82) is 0 Å². The summed E-state index contributed by atoms with van der Waals surface area (Å²) in [5.74, 6) is 1.06. The van der Waals surface area contributed by atoms with Gasteiger partial charge in [0.15, 0.2) is 0 Å². The molecule has 0 amide bonds. The molecule has 2 N–H and O–H groups in total. The second-order valence-electron chi connectivity index (χ2n) is 7.86. The van der Waals surface area contributed by atoms with E-state index in [4.69, 9.17) is 0 Å². The number of H-pyrrole nitrogens is 1. The lowest BCUT2D eigenvalue weighted by Gasteiger charge is -2.18. The number of benzene rings is 2. The molecule has 2 aromatic carbocycles. The van der Waals surface area contributed by atoms with Crippen LogP contribution in [0, 0.1) is 0 Å². The third kappa shape index (κ3) is 1.98. The Kier molecular flexibility index (Phi) is 3.09. The number of aromatic nitrogens is 2. The molecule has 0 unspecified atom stereocenters. The van der Waals surface area contributed by atoms with Crippen molar-refractivity contribution in [2.45, 2.75) is 31.2 Å². The lowest BCUT2D eigenvalue weighted by molar-refractivity contribution is 0.626. The summed E-state index contributed by atoms with van der Waals surface area (Å²) in [5.41, 5.74) is 7.25. The highest BCUT2D eigenvalue weighted by atomic mass is 15.0. The minimum Gasteiger partial charge on any atom is -0.361 e. The Morgan fingerprint density at radius 1 is 0.885 bits per heavy atom. The van der Waals surface area contributed by atoms with Gasteiger partial charge in [-0.25, -0.2) is 0 Å². The topological polar surface area (TPSA) is 32.8 Å². The SMILES string of the molecule is c1ccc2c([C@H]3CNC[C@H]3c3cn4c5c(cccc35)CCC4)c[nH]c2c1. The Morgan fingerprint density at radius 2 is 1.73 bits per heavy atom.